The Hall–Kier alpha value is -1.55. The molecule has 2 rings (SSSR count). The lowest BCUT2D eigenvalue weighted by Crippen LogP contribution is -2.08. The molecule has 1 nitrogen and oxygen atoms in total. The molecular weight excluding hydrogens is 254 g/mol. The van der Waals surface area contributed by atoms with Gasteiger partial charge in [-0.15, -0.1) is 11.3 Å². The molecule has 0 atom stereocenters. The fourth-order valence-corrected chi connectivity index (χ4v) is 2.67. The summed E-state index contributed by atoms with van der Waals surface area (Å²) in [7, 11) is 0. The van der Waals surface area contributed by atoms with Crippen LogP contribution in [0.25, 0.3) is 0 Å². The highest BCUT2D eigenvalue weighted by atomic mass is 32.1. The van der Waals surface area contributed by atoms with E-state index < -0.39 is 23.0 Å². The number of halogens is 2. The number of thiophene rings is 1. The van der Waals surface area contributed by atoms with Gasteiger partial charge < -0.3 is 0 Å². The van der Waals surface area contributed by atoms with Gasteiger partial charge >= 0.3 is 0 Å². The molecule has 0 bridgehead atoms. The van der Waals surface area contributed by atoms with Crippen LogP contribution in [0.15, 0.2) is 30.3 Å². The van der Waals surface area contributed by atoms with E-state index in [1.165, 1.54) is 17.4 Å². The molecule has 1 aromatic carbocycles. The largest absolute Gasteiger partial charge is 0.294 e. The standard InChI is InChI=1S/C14H12F2OS/c1-2-9-6-7-10(18-9)8-13(17)14-11(15)4-3-5-12(14)16/h3-7H,2,8H2,1H3. The fourth-order valence-electron chi connectivity index (χ4n) is 1.72. The molecule has 0 unspecified atom stereocenters. The van der Waals surface area contributed by atoms with Gasteiger partial charge in [-0.2, -0.15) is 0 Å². The molecule has 1 heterocycles. The zero-order chi connectivity index (χ0) is 13.1. The topological polar surface area (TPSA) is 17.1 Å². The molecule has 0 aliphatic heterocycles. The van der Waals surface area contributed by atoms with Crippen LogP contribution in [-0.2, 0) is 12.8 Å². The van der Waals surface area contributed by atoms with Gasteiger partial charge in [-0.25, -0.2) is 8.78 Å². The number of Topliss-reactive ketones (excluding diaryl/α,β-unsaturated/α-hetero) is 1. The molecule has 0 fully saturated rings. The van der Waals surface area contributed by atoms with E-state index in [9.17, 15) is 13.6 Å². The van der Waals surface area contributed by atoms with Gasteiger partial charge in [0.25, 0.3) is 0 Å². The van der Waals surface area contributed by atoms with E-state index in [1.807, 2.05) is 19.1 Å². The molecule has 0 aliphatic rings. The molecular formula is C14H12F2OS. The van der Waals surface area contributed by atoms with Crippen molar-refractivity contribution in [2.24, 2.45) is 0 Å². The van der Waals surface area contributed by atoms with E-state index >= 15 is 0 Å². The summed E-state index contributed by atoms with van der Waals surface area (Å²) < 4.78 is 26.8. The van der Waals surface area contributed by atoms with Crippen LogP contribution < -0.4 is 0 Å². The van der Waals surface area contributed by atoms with E-state index in [1.54, 1.807) is 0 Å². The van der Waals surface area contributed by atoms with E-state index in [-0.39, 0.29) is 6.42 Å². The van der Waals surface area contributed by atoms with Gasteiger partial charge in [0.15, 0.2) is 5.78 Å². The molecule has 0 spiro atoms. The predicted molar refractivity (Wildman–Crippen MR) is 68.1 cm³/mol. The van der Waals surface area contributed by atoms with Crippen LogP contribution in [0.2, 0.25) is 0 Å². The summed E-state index contributed by atoms with van der Waals surface area (Å²) in [5, 5.41) is 0. The highest BCUT2D eigenvalue weighted by Crippen LogP contribution is 2.21. The minimum Gasteiger partial charge on any atom is -0.294 e. The lowest BCUT2D eigenvalue weighted by molar-refractivity contribution is 0.0986. The summed E-state index contributed by atoms with van der Waals surface area (Å²) in [5.74, 6) is -2.12. The number of carbonyl (C=O) groups is 1. The Balaban J connectivity index is 2.22. The number of rotatable bonds is 4. The summed E-state index contributed by atoms with van der Waals surface area (Å²) in [5.41, 5.74) is -0.441. The second kappa shape index (κ2) is 5.40. The maximum absolute atomic E-state index is 13.4. The van der Waals surface area contributed by atoms with Gasteiger partial charge in [0.1, 0.15) is 11.6 Å². The van der Waals surface area contributed by atoms with Gasteiger partial charge in [-0.1, -0.05) is 13.0 Å². The maximum Gasteiger partial charge on any atom is 0.173 e. The zero-order valence-electron chi connectivity index (χ0n) is 9.87. The highest BCUT2D eigenvalue weighted by Gasteiger charge is 2.17. The van der Waals surface area contributed by atoms with Crippen molar-refractivity contribution in [2.45, 2.75) is 19.8 Å². The molecule has 0 radical (unpaired) electrons. The van der Waals surface area contributed by atoms with Crippen molar-refractivity contribution in [1.29, 1.82) is 0 Å². The number of aryl methyl sites for hydroxylation is 1. The average Bonchev–Trinajstić information content (AvgIpc) is 2.76. The van der Waals surface area contributed by atoms with Gasteiger partial charge in [0, 0.05) is 16.2 Å². The summed E-state index contributed by atoms with van der Waals surface area (Å²) in [4.78, 5) is 13.9. The van der Waals surface area contributed by atoms with Gasteiger partial charge in [-0.3, -0.25) is 4.79 Å². The quantitative estimate of drug-likeness (QED) is 0.764. The Labute approximate surface area is 108 Å². The number of carbonyl (C=O) groups excluding carboxylic acids is 1. The minimum absolute atomic E-state index is 0.0442. The lowest BCUT2D eigenvalue weighted by atomic mass is 10.1. The normalized spacial score (nSPS) is 10.6. The Kier molecular flexibility index (Phi) is 3.87. The van der Waals surface area contributed by atoms with Crippen molar-refractivity contribution in [3.63, 3.8) is 0 Å². The second-order valence-electron chi connectivity index (χ2n) is 3.92. The number of ketones is 1. The van der Waals surface area contributed by atoms with Crippen LogP contribution in [0.3, 0.4) is 0 Å². The third-order valence-electron chi connectivity index (χ3n) is 2.64. The van der Waals surface area contributed by atoms with Crippen molar-refractivity contribution >= 4 is 17.1 Å². The van der Waals surface area contributed by atoms with Crippen molar-refractivity contribution < 1.29 is 13.6 Å². The monoisotopic (exact) mass is 266 g/mol. The number of hydrogen-bond acceptors (Lipinski definition) is 2. The molecule has 4 heteroatoms. The van der Waals surface area contributed by atoms with Gasteiger partial charge in [0.05, 0.1) is 5.56 Å². The predicted octanol–water partition coefficient (Wildman–Crippen LogP) is 4.01. The Bertz CT molecular complexity index is 555. The third kappa shape index (κ3) is 2.64. The van der Waals surface area contributed by atoms with Crippen LogP contribution in [0.4, 0.5) is 8.78 Å². The first-order valence-corrected chi connectivity index (χ1v) is 6.48. The van der Waals surface area contributed by atoms with Crippen LogP contribution in [0.5, 0.6) is 0 Å². The smallest absolute Gasteiger partial charge is 0.173 e. The Morgan fingerprint density at radius 3 is 2.28 bits per heavy atom. The van der Waals surface area contributed by atoms with Crippen LogP contribution >= 0.6 is 11.3 Å². The molecule has 0 aliphatic carbocycles. The second-order valence-corrected chi connectivity index (χ2v) is 5.17. The fraction of sp³-hybridized carbons (Fsp3) is 0.214. The van der Waals surface area contributed by atoms with Gasteiger partial charge in [-0.05, 0) is 30.7 Å². The first kappa shape index (κ1) is 12.9. The number of hydrogen-bond donors (Lipinski definition) is 0. The molecule has 1 aromatic heterocycles. The van der Waals surface area contributed by atoms with Crippen molar-refractivity contribution in [2.75, 3.05) is 0 Å². The van der Waals surface area contributed by atoms with Crippen molar-refractivity contribution in [1.82, 2.24) is 0 Å². The van der Waals surface area contributed by atoms with E-state index in [2.05, 4.69) is 0 Å². The first-order valence-electron chi connectivity index (χ1n) is 5.66. The highest BCUT2D eigenvalue weighted by molar-refractivity contribution is 7.12. The molecule has 2 aromatic rings. The minimum atomic E-state index is -0.799. The van der Waals surface area contributed by atoms with Gasteiger partial charge in [0.2, 0.25) is 0 Å². The average molecular weight is 266 g/mol. The SMILES string of the molecule is CCc1ccc(CC(=O)c2c(F)cccc2F)s1. The Morgan fingerprint density at radius 2 is 1.72 bits per heavy atom. The van der Waals surface area contributed by atoms with E-state index in [4.69, 9.17) is 0 Å². The Morgan fingerprint density at radius 1 is 1.11 bits per heavy atom. The molecule has 0 saturated heterocycles. The summed E-state index contributed by atoms with van der Waals surface area (Å²) in [6.45, 7) is 2.02. The number of benzene rings is 1. The van der Waals surface area contributed by atoms with Crippen molar-refractivity contribution in [3.05, 3.63) is 57.3 Å². The summed E-state index contributed by atoms with van der Waals surface area (Å²) >= 11 is 1.50. The summed E-state index contributed by atoms with van der Waals surface area (Å²) in [6.07, 6.45) is 0.940. The van der Waals surface area contributed by atoms with Crippen molar-refractivity contribution in [3.8, 4) is 0 Å². The first-order chi connectivity index (χ1) is 8.61. The third-order valence-corrected chi connectivity index (χ3v) is 3.87. The maximum atomic E-state index is 13.4. The molecule has 0 saturated carbocycles. The van der Waals surface area contributed by atoms with Crippen LogP contribution in [0, 0.1) is 11.6 Å². The van der Waals surface area contributed by atoms with E-state index in [0.717, 1.165) is 28.3 Å². The summed E-state index contributed by atoms with van der Waals surface area (Å²) in [6, 6.07) is 7.22. The molecule has 18 heavy (non-hydrogen) atoms. The zero-order valence-corrected chi connectivity index (χ0v) is 10.7. The van der Waals surface area contributed by atoms with E-state index in [0.29, 0.717) is 0 Å². The van der Waals surface area contributed by atoms with Crippen LogP contribution in [0.1, 0.15) is 27.0 Å². The molecule has 0 amide bonds. The molecule has 0 N–H and O–H groups in total. The lowest BCUT2D eigenvalue weighted by Gasteiger charge is -2.02. The van der Waals surface area contributed by atoms with Crippen LogP contribution in [-0.4, -0.2) is 5.78 Å². The molecule has 94 valence electrons.